The predicted molar refractivity (Wildman–Crippen MR) is 63.8 cm³/mol. The van der Waals surface area contributed by atoms with E-state index in [0.29, 0.717) is 6.10 Å². The average molecular weight is 236 g/mol. The van der Waals surface area contributed by atoms with E-state index in [1.165, 1.54) is 12.1 Å². The monoisotopic (exact) mass is 236 g/mol. The summed E-state index contributed by atoms with van der Waals surface area (Å²) in [7, 11) is 0. The highest BCUT2D eigenvalue weighted by Gasteiger charge is 2.14. The zero-order valence-electron chi connectivity index (χ0n) is 9.59. The van der Waals surface area contributed by atoms with Crippen LogP contribution in [0.4, 0.5) is 5.69 Å². The predicted octanol–water partition coefficient (Wildman–Crippen LogP) is 1.86. The molecule has 1 aromatic rings. The van der Waals surface area contributed by atoms with Crippen molar-refractivity contribution >= 4 is 5.69 Å². The molecule has 1 aromatic carbocycles. The van der Waals surface area contributed by atoms with E-state index in [1.54, 1.807) is 12.1 Å². The van der Waals surface area contributed by atoms with Crippen molar-refractivity contribution in [3.63, 3.8) is 0 Å². The molecule has 2 rings (SSSR count). The molecule has 92 valence electrons. The molecule has 1 fully saturated rings. The number of nitro groups is 1. The summed E-state index contributed by atoms with van der Waals surface area (Å²) in [6.45, 7) is 2.43. The van der Waals surface area contributed by atoms with Gasteiger partial charge in [-0.1, -0.05) is 12.1 Å². The Kier molecular flexibility index (Phi) is 4.06. The van der Waals surface area contributed by atoms with Gasteiger partial charge in [0.1, 0.15) is 0 Å². The van der Waals surface area contributed by atoms with Crippen LogP contribution in [0, 0.1) is 10.1 Å². The highest BCUT2D eigenvalue weighted by molar-refractivity contribution is 5.32. The number of ether oxygens (including phenoxy) is 1. The molecule has 1 aliphatic heterocycles. The first-order valence-corrected chi connectivity index (χ1v) is 5.81. The molecule has 0 saturated carbocycles. The number of rotatable bonds is 5. The van der Waals surface area contributed by atoms with Crippen LogP contribution in [-0.4, -0.2) is 24.2 Å². The topological polar surface area (TPSA) is 64.4 Å². The van der Waals surface area contributed by atoms with Crippen molar-refractivity contribution in [3.05, 3.63) is 39.9 Å². The second-order valence-corrected chi connectivity index (χ2v) is 4.19. The van der Waals surface area contributed by atoms with Crippen LogP contribution < -0.4 is 5.32 Å². The Bertz CT molecular complexity index is 372. The van der Waals surface area contributed by atoms with Crippen LogP contribution in [0.2, 0.25) is 0 Å². The summed E-state index contributed by atoms with van der Waals surface area (Å²) in [5.74, 6) is 0. The van der Waals surface area contributed by atoms with Gasteiger partial charge < -0.3 is 10.1 Å². The van der Waals surface area contributed by atoms with Crippen LogP contribution in [0.15, 0.2) is 24.3 Å². The molecule has 1 heterocycles. The Morgan fingerprint density at radius 1 is 1.41 bits per heavy atom. The first kappa shape index (κ1) is 12.0. The summed E-state index contributed by atoms with van der Waals surface area (Å²) in [4.78, 5) is 10.1. The lowest BCUT2D eigenvalue weighted by Gasteiger charge is -2.10. The fraction of sp³-hybridized carbons (Fsp3) is 0.500. The lowest BCUT2D eigenvalue weighted by atomic mass is 10.2. The van der Waals surface area contributed by atoms with Crippen molar-refractivity contribution in [2.24, 2.45) is 0 Å². The minimum Gasteiger partial charge on any atom is -0.377 e. The minimum atomic E-state index is -0.385. The molecule has 1 N–H and O–H groups in total. The molecule has 0 unspecified atom stereocenters. The third kappa shape index (κ3) is 3.51. The lowest BCUT2D eigenvalue weighted by Crippen LogP contribution is -2.25. The van der Waals surface area contributed by atoms with E-state index in [2.05, 4.69) is 5.32 Å². The number of non-ortho nitro benzene ring substituents is 1. The molecule has 1 aliphatic rings. The second kappa shape index (κ2) is 5.75. The number of nitro benzene ring substituents is 1. The van der Waals surface area contributed by atoms with Gasteiger partial charge in [-0.05, 0) is 18.4 Å². The van der Waals surface area contributed by atoms with Gasteiger partial charge in [0.15, 0.2) is 0 Å². The van der Waals surface area contributed by atoms with Crippen LogP contribution in [0.5, 0.6) is 0 Å². The summed E-state index contributed by atoms with van der Waals surface area (Å²) in [6.07, 6.45) is 2.59. The second-order valence-electron chi connectivity index (χ2n) is 4.19. The van der Waals surface area contributed by atoms with Crippen LogP contribution in [0.1, 0.15) is 18.4 Å². The third-order valence-electron chi connectivity index (χ3n) is 2.87. The number of benzene rings is 1. The van der Waals surface area contributed by atoms with Crippen LogP contribution >= 0.6 is 0 Å². The van der Waals surface area contributed by atoms with Gasteiger partial charge >= 0.3 is 0 Å². The lowest BCUT2D eigenvalue weighted by molar-refractivity contribution is -0.384. The maximum Gasteiger partial charge on any atom is 0.269 e. The van der Waals surface area contributed by atoms with Crippen molar-refractivity contribution in [3.8, 4) is 0 Å². The summed E-state index contributed by atoms with van der Waals surface area (Å²) in [6, 6.07) is 6.62. The van der Waals surface area contributed by atoms with E-state index < -0.39 is 0 Å². The SMILES string of the molecule is O=[N+]([O-])c1ccc(CNC[C@@H]2CCCO2)cc1. The highest BCUT2D eigenvalue weighted by atomic mass is 16.6. The van der Waals surface area contributed by atoms with Crippen molar-refractivity contribution in [2.45, 2.75) is 25.5 Å². The summed E-state index contributed by atoms with van der Waals surface area (Å²) in [5, 5.41) is 13.8. The standard InChI is InChI=1S/C12H16N2O3/c15-14(16)11-5-3-10(4-6-11)8-13-9-12-2-1-7-17-12/h3-6,12-13H,1-2,7-9H2/t12-/m0/s1. The highest BCUT2D eigenvalue weighted by Crippen LogP contribution is 2.13. The maximum atomic E-state index is 10.5. The quantitative estimate of drug-likeness (QED) is 0.626. The molecule has 0 bridgehead atoms. The molecular weight excluding hydrogens is 220 g/mol. The van der Waals surface area contributed by atoms with Gasteiger partial charge in [0.05, 0.1) is 11.0 Å². The van der Waals surface area contributed by atoms with E-state index in [9.17, 15) is 10.1 Å². The zero-order chi connectivity index (χ0) is 12.1. The minimum absolute atomic E-state index is 0.132. The molecule has 0 aliphatic carbocycles. The van der Waals surface area contributed by atoms with Crippen molar-refractivity contribution < 1.29 is 9.66 Å². The normalized spacial score (nSPS) is 19.4. The largest absolute Gasteiger partial charge is 0.377 e. The van der Waals surface area contributed by atoms with Gasteiger partial charge in [0.25, 0.3) is 5.69 Å². The van der Waals surface area contributed by atoms with Gasteiger partial charge in [-0.15, -0.1) is 0 Å². The fourth-order valence-electron chi connectivity index (χ4n) is 1.92. The number of hydrogen-bond acceptors (Lipinski definition) is 4. The molecule has 0 aromatic heterocycles. The molecule has 5 nitrogen and oxygen atoms in total. The summed E-state index contributed by atoms with van der Waals surface area (Å²) >= 11 is 0. The Morgan fingerprint density at radius 3 is 2.76 bits per heavy atom. The molecular formula is C12H16N2O3. The Hall–Kier alpha value is -1.46. The van der Waals surface area contributed by atoms with Crippen LogP contribution in [-0.2, 0) is 11.3 Å². The number of hydrogen-bond donors (Lipinski definition) is 1. The van der Waals surface area contributed by atoms with Gasteiger partial charge in [-0.2, -0.15) is 0 Å². The summed E-state index contributed by atoms with van der Waals surface area (Å²) < 4.78 is 5.49. The number of nitrogens with zero attached hydrogens (tertiary/aromatic N) is 1. The Labute approximate surface area is 99.9 Å². The van der Waals surface area contributed by atoms with Crippen LogP contribution in [0.3, 0.4) is 0 Å². The average Bonchev–Trinajstić information content (AvgIpc) is 2.83. The van der Waals surface area contributed by atoms with Crippen molar-refractivity contribution in [1.29, 1.82) is 0 Å². The van der Waals surface area contributed by atoms with E-state index >= 15 is 0 Å². The first-order valence-electron chi connectivity index (χ1n) is 5.81. The summed E-state index contributed by atoms with van der Waals surface area (Å²) in [5.41, 5.74) is 1.18. The van der Waals surface area contributed by atoms with E-state index in [0.717, 1.165) is 38.1 Å². The molecule has 17 heavy (non-hydrogen) atoms. The first-order chi connectivity index (χ1) is 8.25. The molecule has 0 radical (unpaired) electrons. The van der Waals surface area contributed by atoms with E-state index in [4.69, 9.17) is 4.74 Å². The smallest absolute Gasteiger partial charge is 0.269 e. The van der Waals surface area contributed by atoms with E-state index in [1.807, 2.05) is 0 Å². The molecule has 0 amide bonds. The fourth-order valence-corrected chi connectivity index (χ4v) is 1.92. The Balaban J connectivity index is 1.76. The van der Waals surface area contributed by atoms with Crippen molar-refractivity contribution in [2.75, 3.05) is 13.2 Å². The number of nitrogens with one attached hydrogen (secondary N) is 1. The van der Waals surface area contributed by atoms with E-state index in [-0.39, 0.29) is 10.6 Å². The maximum absolute atomic E-state index is 10.5. The van der Waals surface area contributed by atoms with Crippen molar-refractivity contribution in [1.82, 2.24) is 5.32 Å². The van der Waals surface area contributed by atoms with Gasteiger partial charge in [0.2, 0.25) is 0 Å². The zero-order valence-corrected chi connectivity index (χ0v) is 9.59. The van der Waals surface area contributed by atoms with Gasteiger partial charge in [-0.25, -0.2) is 0 Å². The van der Waals surface area contributed by atoms with Crippen LogP contribution in [0.25, 0.3) is 0 Å². The third-order valence-corrected chi connectivity index (χ3v) is 2.87. The molecule has 1 saturated heterocycles. The Morgan fingerprint density at radius 2 is 2.18 bits per heavy atom. The van der Waals surface area contributed by atoms with Gasteiger partial charge in [0, 0.05) is 31.8 Å². The molecule has 5 heteroatoms. The van der Waals surface area contributed by atoms with Gasteiger partial charge in [-0.3, -0.25) is 10.1 Å². The molecule has 0 spiro atoms. The molecule has 1 atom stereocenters.